The van der Waals surface area contributed by atoms with Gasteiger partial charge in [0.15, 0.2) is 6.61 Å². The predicted molar refractivity (Wildman–Crippen MR) is 114 cm³/mol. The van der Waals surface area contributed by atoms with E-state index in [1.54, 1.807) is 12.1 Å². The van der Waals surface area contributed by atoms with Gasteiger partial charge in [0.1, 0.15) is 5.75 Å². The molecule has 2 N–H and O–H groups in total. The van der Waals surface area contributed by atoms with Crippen LogP contribution in [0.1, 0.15) is 11.1 Å². The van der Waals surface area contributed by atoms with Gasteiger partial charge in [-0.05, 0) is 62.4 Å². The maximum atomic E-state index is 12.5. The van der Waals surface area contributed by atoms with Crippen molar-refractivity contribution in [1.82, 2.24) is 0 Å². The molecule has 7 heteroatoms. The van der Waals surface area contributed by atoms with Gasteiger partial charge >= 0.3 is 0 Å². The number of aryl methyl sites for hydroxylation is 2. The van der Waals surface area contributed by atoms with Crippen molar-refractivity contribution < 1.29 is 17.9 Å². The quantitative estimate of drug-likeness (QED) is 0.614. The van der Waals surface area contributed by atoms with Gasteiger partial charge in [0.05, 0.1) is 4.90 Å². The van der Waals surface area contributed by atoms with E-state index in [4.69, 9.17) is 4.74 Å². The molecule has 0 saturated heterocycles. The fourth-order valence-electron chi connectivity index (χ4n) is 2.53. The zero-order chi connectivity index (χ0) is 20.9. The van der Waals surface area contributed by atoms with Crippen LogP contribution in [0.5, 0.6) is 5.75 Å². The fourth-order valence-corrected chi connectivity index (χ4v) is 3.59. The second kappa shape index (κ2) is 8.79. The summed E-state index contributed by atoms with van der Waals surface area (Å²) >= 11 is 0. The number of amides is 1. The summed E-state index contributed by atoms with van der Waals surface area (Å²) in [6.45, 7) is 3.72. The number of anilines is 2. The summed E-state index contributed by atoms with van der Waals surface area (Å²) in [4.78, 5) is 12.1. The number of rotatable bonds is 7. The number of hydrogen-bond acceptors (Lipinski definition) is 4. The molecule has 3 rings (SSSR count). The first-order valence-electron chi connectivity index (χ1n) is 9.01. The SMILES string of the molecule is Cc1ccc(NC(=O)COc2ccc(S(=O)(=O)Nc3ccc(C)cc3)cc2)cc1. The molecule has 0 aliphatic heterocycles. The highest BCUT2D eigenvalue weighted by molar-refractivity contribution is 7.92. The van der Waals surface area contributed by atoms with Gasteiger partial charge in [-0.1, -0.05) is 35.4 Å². The van der Waals surface area contributed by atoms with Crippen LogP contribution < -0.4 is 14.8 Å². The predicted octanol–water partition coefficient (Wildman–Crippen LogP) is 4.12. The number of carbonyl (C=O) groups excluding carboxylic acids is 1. The van der Waals surface area contributed by atoms with Crippen LogP contribution >= 0.6 is 0 Å². The third kappa shape index (κ3) is 5.83. The van der Waals surface area contributed by atoms with Gasteiger partial charge in [0.2, 0.25) is 0 Å². The number of benzene rings is 3. The molecule has 0 atom stereocenters. The topological polar surface area (TPSA) is 84.5 Å². The van der Waals surface area contributed by atoms with E-state index < -0.39 is 10.0 Å². The average Bonchev–Trinajstić information content (AvgIpc) is 2.70. The molecule has 0 bridgehead atoms. The molecule has 6 nitrogen and oxygen atoms in total. The molecule has 1 amide bonds. The van der Waals surface area contributed by atoms with E-state index in [0.29, 0.717) is 17.1 Å². The largest absolute Gasteiger partial charge is 0.484 e. The van der Waals surface area contributed by atoms with Crippen LogP contribution in [0.4, 0.5) is 11.4 Å². The Labute approximate surface area is 170 Å². The summed E-state index contributed by atoms with van der Waals surface area (Å²) in [6.07, 6.45) is 0. The lowest BCUT2D eigenvalue weighted by Gasteiger charge is -2.10. The molecule has 0 saturated carbocycles. The lowest BCUT2D eigenvalue weighted by molar-refractivity contribution is -0.118. The van der Waals surface area contributed by atoms with Crippen LogP contribution in [0.15, 0.2) is 77.7 Å². The summed E-state index contributed by atoms with van der Waals surface area (Å²) in [5.74, 6) is 0.102. The Hall–Kier alpha value is -3.32. The van der Waals surface area contributed by atoms with Gasteiger partial charge in [-0.2, -0.15) is 0 Å². The zero-order valence-corrected chi connectivity index (χ0v) is 17.0. The molecule has 29 heavy (non-hydrogen) atoms. The number of hydrogen-bond donors (Lipinski definition) is 2. The van der Waals surface area contributed by atoms with Crippen LogP contribution in [0, 0.1) is 13.8 Å². The number of ether oxygens (including phenoxy) is 1. The minimum Gasteiger partial charge on any atom is -0.484 e. The molecular weight excluding hydrogens is 388 g/mol. The van der Waals surface area contributed by atoms with Crippen molar-refractivity contribution in [3.8, 4) is 5.75 Å². The third-order valence-corrected chi connectivity index (χ3v) is 5.54. The van der Waals surface area contributed by atoms with Crippen LogP contribution in [0.3, 0.4) is 0 Å². The Morgan fingerprint density at radius 3 is 1.86 bits per heavy atom. The van der Waals surface area contributed by atoms with Crippen LogP contribution in [-0.4, -0.2) is 20.9 Å². The molecule has 0 heterocycles. The van der Waals surface area contributed by atoms with Crippen molar-refractivity contribution in [3.05, 3.63) is 83.9 Å². The molecular formula is C22H22N2O4S. The summed E-state index contributed by atoms with van der Waals surface area (Å²) in [6, 6.07) is 20.4. The van der Waals surface area contributed by atoms with Gasteiger partial charge in [-0.3, -0.25) is 9.52 Å². The number of sulfonamides is 1. The van der Waals surface area contributed by atoms with Crippen molar-refractivity contribution in [2.45, 2.75) is 18.7 Å². The van der Waals surface area contributed by atoms with E-state index in [9.17, 15) is 13.2 Å². The standard InChI is InChI=1S/C22H22N2O4S/c1-16-3-7-18(8-4-16)23-22(25)15-28-20-11-13-21(14-12-20)29(26,27)24-19-9-5-17(2)6-10-19/h3-14,24H,15H2,1-2H3,(H,23,25). The molecule has 3 aromatic carbocycles. The smallest absolute Gasteiger partial charge is 0.262 e. The Morgan fingerprint density at radius 2 is 1.31 bits per heavy atom. The van der Waals surface area contributed by atoms with E-state index in [2.05, 4.69) is 10.0 Å². The molecule has 3 aromatic rings. The summed E-state index contributed by atoms with van der Waals surface area (Å²) in [5, 5.41) is 2.74. The monoisotopic (exact) mass is 410 g/mol. The highest BCUT2D eigenvalue weighted by atomic mass is 32.2. The second-order valence-corrected chi connectivity index (χ2v) is 8.33. The van der Waals surface area contributed by atoms with Gasteiger partial charge in [-0.15, -0.1) is 0 Å². The van der Waals surface area contributed by atoms with Gasteiger partial charge in [0.25, 0.3) is 15.9 Å². The summed E-state index contributed by atoms with van der Waals surface area (Å²) < 4.78 is 32.9. The molecule has 0 aromatic heterocycles. The van der Waals surface area contributed by atoms with Crippen molar-refractivity contribution in [1.29, 1.82) is 0 Å². The molecule has 0 spiro atoms. The number of carbonyl (C=O) groups is 1. The van der Waals surface area contributed by atoms with E-state index in [1.807, 2.05) is 50.2 Å². The fraction of sp³-hybridized carbons (Fsp3) is 0.136. The highest BCUT2D eigenvalue weighted by Gasteiger charge is 2.14. The van der Waals surface area contributed by atoms with E-state index in [-0.39, 0.29) is 17.4 Å². The maximum absolute atomic E-state index is 12.5. The van der Waals surface area contributed by atoms with Crippen molar-refractivity contribution >= 4 is 27.3 Å². The lowest BCUT2D eigenvalue weighted by atomic mass is 10.2. The summed E-state index contributed by atoms with van der Waals surface area (Å²) in [7, 11) is -3.70. The van der Waals surface area contributed by atoms with Crippen LogP contribution in [0.25, 0.3) is 0 Å². The lowest BCUT2D eigenvalue weighted by Crippen LogP contribution is -2.20. The first-order chi connectivity index (χ1) is 13.8. The van der Waals surface area contributed by atoms with E-state index in [1.165, 1.54) is 24.3 Å². The summed E-state index contributed by atoms with van der Waals surface area (Å²) in [5.41, 5.74) is 3.32. The zero-order valence-electron chi connectivity index (χ0n) is 16.2. The van der Waals surface area contributed by atoms with E-state index in [0.717, 1.165) is 11.1 Å². The van der Waals surface area contributed by atoms with Gasteiger partial charge in [-0.25, -0.2) is 8.42 Å². The highest BCUT2D eigenvalue weighted by Crippen LogP contribution is 2.20. The first kappa shape index (κ1) is 20.4. The molecule has 0 unspecified atom stereocenters. The molecule has 0 aliphatic carbocycles. The second-order valence-electron chi connectivity index (χ2n) is 6.65. The third-order valence-electron chi connectivity index (χ3n) is 4.14. The Kier molecular flexibility index (Phi) is 6.19. The normalized spacial score (nSPS) is 11.0. The minimum absolute atomic E-state index is 0.106. The molecule has 0 fully saturated rings. The first-order valence-corrected chi connectivity index (χ1v) is 10.5. The van der Waals surface area contributed by atoms with Gasteiger partial charge in [0, 0.05) is 11.4 Å². The van der Waals surface area contributed by atoms with Crippen LogP contribution in [0.2, 0.25) is 0 Å². The van der Waals surface area contributed by atoms with E-state index >= 15 is 0 Å². The van der Waals surface area contributed by atoms with Gasteiger partial charge < -0.3 is 10.1 Å². The Morgan fingerprint density at radius 1 is 0.793 bits per heavy atom. The Balaban J connectivity index is 1.57. The maximum Gasteiger partial charge on any atom is 0.262 e. The van der Waals surface area contributed by atoms with Crippen LogP contribution in [-0.2, 0) is 14.8 Å². The van der Waals surface area contributed by atoms with Crippen molar-refractivity contribution in [2.24, 2.45) is 0 Å². The average molecular weight is 410 g/mol. The molecule has 0 radical (unpaired) electrons. The van der Waals surface area contributed by atoms with Crippen molar-refractivity contribution in [2.75, 3.05) is 16.6 Å². The molecule has 150 valence electrons. The van der Waals surface area contributed by atoms with Crippen molar-refractivity contribution in [3.63, 3.8) is 0 Å². The Bertz CT molecular complexity index is 1080. The minimum atomic E-state index is -3.70. The molecule has 0 aliphatic rings. The number of nitrogens with one attached hydrogen (secondary N) is 2.